The predicted molar refractivity (Wildman–Crippen MR) is 114 cm³/mol. The molecule has 0 aliphatic carbocycles. The summed E-state index contributed by atoms with van der Waals surface area (Å²) in [4.78, 5) is 0. The topological polar surface area (TPSA) is 0 Å². The van der Waals surface area contributed by atoms with Crippen LogP contribution in [0.4, 0.5) is 0 Å². The van der Waals surface area contributed by atoms with E-state index in [-0.39, 0.29) is -1.13 Å². The van der Waals surface area contributed by atoms with Crippen LogP contribution in [-0.4, -0.2) is 0 Å². The van der Waals surface area contributed by atoms with Crippen LogP contribution < -0.4 is 0 Å². The van der Waals surface area contributed by atoms with Crippen molar-refractivity contribution in [2.75, 3.05) is 0 Å². The fourth-order valence-corrected chi connectivity index (χ4v) is 3.01. The summed E-state index contributed by atoms with van der Waals surface area (Å²) in [6.45, 7) is 0. The van der Waals surface area contributed by atoms with Gasteiger partial charge in [0.05, 0.1) is 0 Å². The van der Waals surface area contributed by atoms with Crippen LogP contribution in [-0.2, 0) is -1.13 Å². The van der Waals surface area contributed by atoms with Crippen molar-refractivity contribution in [1.82, 2.24) is 0 Å². The fraction of sp³-hybridized carbons (Fsp3) is 0.250. The van der Waals surface area contributed by atoms with Gasteiger partial charge in [-0.3, -0.25) is 0 Å². The number of rotatable bonds is 2. The van der Waals surface area contributed by atoms with E-state index in [1.54, 1.807) is 0 Å². The highest BCUT2D eigenvalue weighted by Crippen LogP contribution is 2.49. The zero-order valence-electron chi connectivity index (χ0n) is 6.58. The van der Waals surface area contributed by atoms with E-state index in [1.165, 1.54) is 11.1 Å². The number of hydrogen-bond acceptors (Lipinski definition) is 0. The summed E-state index contributed by atoms with van der Waals surface area (Å²) in [5.41, 5.74) is 2.72. The first kappa shape index (κ1) is 15.7. The molecule has 0 saturated carbocycles. The van der Waals surface area contributed by atoms with Crippen LogP contribution in [0.1, 0.15) is 11.1 Å². The maximum absolute atomic E-state index is 2.44. The molecule has 0 fully saturated rings. The molecule has 1 rings (SSSR count). The molecule has 0 atom stereocenters. The van der Waals surface area contributed by atoms with Crippen molar-refractivity contribution in [1.29, 1.82) is 0 Å². The summed E-state index contributed by atoms with van der Waals surface area (Å²) in [6.07, 6.45) is 0. The Hall–Kier alpha value is 3.60. The molecule has 0 unspecified atom stereocenters. The summed E-state index contributed by atoms with van der Waals surface area (Å²) < 4.78 is 0.326. The second-order valence-corrected chi connectivity index (χ2v) is 24.7. The molecule has 0 radical (unpaired) electrons. The predicted octanol–water partition coefficient (Wildman–Crippen LogP) is 6.52. The lowest BCUT2D eigenvalue weighted by molar-refractivity contribution is 1.36. The van der Waals surface area contributed by atoms with Gasteiger partial charge < -0.3 is 0 Å². The number of benzene rings is 1. The van der Waals surface area contributed by atoms with Gasteiger partial charge >= 0.3 is 0 Å². The molecule has 1 aromatic carbocycles. The third kappa shape index (κ3) is 5.07. The molecule has 0 N–H and O–H groups in total. The lowest BCUT2D eigenvalue weighted by atomic mass is 10.2. The molecular weight excluding hydrogens is 858 g/mol. The molecule has 0 heterocycles. The van der Waals surface area contributed by atoms with Crippen LogP contribution >= 0.6 is 136 Å². The SMILES string of the molecule is IC(I)(I)c1ccc(C(I)(I)I)cc1. The largest absolute Gasteiger partial charge is 0.149 e. The minimum absolute atomic E-state index is 0.163. The van der Waals surface area contributed by atoms with Gasteiger partial charge in [-0.25, -0.2) is 0 Å². The Morgan fingerprint density at radius 1 is 0.571 bits per heavy atom. The third-order valence-electron chi connectivity index (χ3n) is 1.54. The van der Waals surface area contributed by atoms with Crippen molar-refractivity contribution < 1.29 is 0 Å². The maximum atomic E-state index is 2.44. The van der Waals surface area contributed by atoms with Gasteiger partial charge in [0.15, 0.2) is 0 Å². The fourth-order valence-electron chi connectivity index (χ4n) is 0.848. The smallest absolute Gasteiger partial charge is 0.0557 e. The average Bonchev–Trinajstić information content (AvgIpc) is 2.01. The molecule has 0 amide bonds. The monoisotopic (exact) mass is 861 g/mol. The molecule has 0 aromatic heterocycles. The van der Waals surface area contributed by atoms with E-state index in [9.17, 15) is 0 Å². The Morgan fingerprint density at radius 3 is 0.929 bits per heavy atom. The van der Waals surface area contributed by atoms with E-state index in [1.807, 2.05) is 0 Å². The molecule has 0 spiro atoms. The van der Waals surface area contributed by atoms with Gasteiger partial charge in [-0.2, -0.15) is 0 Å². The first-order valence-electron chi connectivity index (χ1n) is 3.46. The van der Waals surface area contributed by atoms with E-state index < -0.39 is 0 Å². The van der Waals surface area contributed by atoms with Gasteiger partial charge in [-0.1, -0.05) is 24.3 Å². The molecule has 1 aromatic rings. The summed E-state index contributed by atoms with van der Waals surface area (Å²) in [6, 6.07) is 8.85. The zero-order chi connectivity index (χ0) is 11.0. The summed E-state index contributed by atoms with van der Waals surface area (Å²) in [5.74, 6) is 0. The van der Waals surface area contributed by atoms with Crippen LogP contribution in [0.25, 0.3) is 0 Å². The van der Waals surface area contributed by atoms with Gasteiger partial charge in [-0.15, -0.1) is 0 Å². The second-order valence-electron chi connectivity index (χ2n) is 2.57. The second kappa shape index (κ2) is 6.16. The maximum Gasteiger partial charge on any atom is 0.149 e. The number of halogens is 6. The highest BCUT2D eigenvalue weighted by Gasteiger charge is 2.23. The summed E-state index contributed by atoms with van der Waals surface area (Å²) >= 11 is 14.7. The first-order chi connectivity index (χ1) is 6.21. The molecule has 0 aliphatic rings. The minimum atomic E-state index is 0.163. The Kier molecular flexibility index (Phi) is 6.89. The minimum Gasteiger partial charge on any atom is -0.0557 e. The van der Waals surface area contributed by atoms with Gasteiger partial charge in [0, 0.05) is 0 Å². The molecule has 0 bridgehead atoms. The van der Waals surface area contributed by atoms with Crippen molar-refractivity contribution in [3.05, 3.63) is 35.4 Å². The lowest BCUT2D eigenvalue weighted by Crippen LogP contribution is -2.00. The van der Waals surface area contributed by atoms with Gasteiger partial charge in [-0.05, 0) is 147 Å². The van der Waals surface area contributed by atoms with E-state index >= 15 is 0 Å². The number of hydrogen-bond donors (Lipinski definition) is 0. The van der Waals surface area contributed by atoms with Gasteiger partial charge in [0.25, 0.3) is 0 Å². The first-order valence-corrected chi connectivity index (χ1v) is 9.93. The van der Waals surface area contributed by atoms with Crippen LogP contribution in [0.5, 0.6) is 0 Å². The van der Waals surface area contributed by atoms with Crippen molar-refractivity contribution in [3.63, 3.8) is 0 Å². The molecule has 6 heteroatoms. The quantitative estimate of drug-likeness (QED) is 0.235. The molecule has 0 nitrogen and oxygen atoms in total. The molecular formula is C8H4I6. The molecule has 0 saturated heterocycles. The van der Waals surface area contributed by atoms with Gasteiger partial charge in [0.1, 0.15) is -1.13 Å². The number of alkyl halides is 6. The van der Waals surface area contributed by atoms with Crippen molar-refractivity contribution in [3.8, 4) is 0 Å². The third-order valence-corrected chi connectivity index (χ3v) is 5.28. The standard InChI is InChI=1S/C8H4I6/c9-7(10,11)5-1-2-6(4-3-5)8(12,13)14/h1-4H. The Bertz CT molecular complexity index is 271. The Labute approximate surface area is 166 Å². The average molecular weight is 862 g/mol. The van der Waals surface area contributed by atoms with E-state index in [4.69, 9.17) is 0 Å². The zero-order valence-corrected chi connectivity index (χ0v) is 19.5. The highest BCUT2D eigenvalue weighted by atomic mass is 127. The molecule has 14 heavy (non-hydrogen) atoms. The van der Waals surface area contributed by atoms with Crippen LogP contribution in [0.3, 0.4) is 0 Å². The highest BCUT2D eigenvalue weighted by molar-refractivity contribution is 14.3. The van der Waals surface area contributed by atoms with Crippen molar-refractivity contribution in [2.24, 2.45) is 0 Å². The Morgan fingerprint density at radius 2 is 0.786 bits per heavy atom. The van der Waals surface area contributed by atoms with E-state index in [0.29, 0.717) is 0 Å². The van der Waals surface area contributed by atoms with E-state index in [0.717, 1.165) is 0 Å². The van der Waals surface area contributed by atoms with Crippen LogP contribution in [0.2, 0.25) is 0 Å². The van der Waals surface area contributed by atoms with Crippen molar-refractivity contribution in [2.45, 2.75) is -1.13 Å². The Balaban J connectivity index is 3.02. The van der Waals surface area contributed by atoms with Crippen LogP contribution in [0.15, 0.2) is 24.3 Å². The molecule has 0 aliphatic heterocycles. The van der Waals surface area contributed by atoms with Gasteiger partial charge in [0.2, 0.25) is 0 Å². The van der Waals surface area contributed by atoms with Crippen LogP contribution in [0, 0.1) is 0 Å². The van der Waals surface area contributed by atoms with Crippen molar-refractivity contribution >= 4 is 136 Å². The normalized spacial score (nSPS) is 13.0. The molecule has 78 valence electrons. The summed E-state index contributed by atoms with van der Waals surface area (Å²) in [7, 11) is 0. The summed E-state index contributed by atoms with van der Waals surface area (Å²) in [5, 5.41) is 0. The van der Waals surface area contributed by atoms with E-state index in [2.05, 4.69) is 160 Å². The lowest BCUT2D eigenvalue weighted by Gasteiger charge is -2.16.